The molecule has 0 aliphatic carbocycles. The van der Waals surface area contributed by atoms with Crippen LogP contribution in [-0.2, 0) is 0 Å². The molecule has 0 spiro atoms. The predicted octanol–water partition coefficient (Wildman–Crippen LogP) is 6.03. The van der Waals surface area contributed by atoms with Crippen molar-refractivity contribution in [3.8, 4) is 0 Å². The van der Waals surface area contributed by atoms with Gasteiger partial charge in [0.1, 0.15) is 4.32 Å². The molecular weight excluding hydrogens is 282 g/mol. The normalized spacial score (nSPS) is 14.0. The number of hydrogen-bond donors (Lipinski definition) is 1. The Morgan fingerprint density at radius 2 is 1.50 bits per heavy atom. The first-order valence-corrected chi connectivity index (χ1v) is 9.97. The molecule has 0 heterocycles. The van der Waals surface area contributed by atoms with Crippen LogP contribution in [0, 0.1) is 11.8 Å². The summed E-state index contributed by atoms with van der Waals surface area (Å²) in [5, 5.41) is 3.47. The molecule has 3 heteroatoms. The van der Waals surface area contributed by atoms with Crippen molar-refractivity contribution in [1.29, 1.82) is 0 Å². The van der Waals surface area contributed by atoms with Gasteiger partial charge < -0.3 is 5.32 Å². The molecule has 0 fully saturated rings. The van der Waals surface area contributed by atoms with E-state index in [2.05, 4.69) is 33.0 Å². The van der Waals surface area contributed by atoms with E-state index in [4.69, 9.17) is 12.2 Å². The van der Waals surface area contributed by atoms with Gasteiger partial charge in [-0.15, -0.1) is 0 Å². The lowest BCUT2D eigenvalue weighted by Gasteiger charge is -2.18. The summed E-state index contributed by atoms with van der Waals surface area (Å²) in [6.45, 7) is 10.2. The fourth-order valence-electron chi connectivity index (χ4n) is 2.31. The molecule has 0 radical (unpaired) electrons. The quantitative estimate of drug-likeness (QED) is 0.442. The Kier molecular flexibility index (Phi) is 14.4. The highest BCUT2D eigenvalue weighted by molar-refractivity contribution is 8.22. The zero-order chi connectivity index (χ0) is 15.2. The number of nitrogens with one attached hydrogen (secondary N) is 1. The molecule has 0 bridgehead atoms. The summed E-state index contributed by atoms with van der Waals surface area (Å²) in [5.74, 6) is 2.81. The van der Waals surface area contributed by atoms with Gasteiger partial charge in [0.05, 0.1) is 0 Å². The van der Waals surface area contributed by atoms with Gasteiger partial charge in [-0.1, -0.05) is 90.2 Å². The number of rotatable bonds is 12. The van der Waals surface area contributed by atoms with Gasteiger partial charge in [-0.2, -0.15) is 0 Å². The van der Waals surface area contributed by atoms with Gasteiger partial charge in [-0.3, -0.25) is 0 Å². The molecule has 20 heavy (non-hydrogen) atoms. The predicted molar refractivity (Wildman–Crippen MR) is 99.7 cm³/mol. The maximum atomic E-state index is 5.46. The van der Waals surface area contributed by atoms with Crippen molar-refractivity contribution in [2.75, 3.05) is 12.3 Å². The van der Waals surface area contributed by atoms with E-state index in [-0.39, 0.29) is 0 Å². The largest absolute Gasteiger partial charge is 0.371 e. The summed E-state index contributed by atoms with van der Waals surface area (Å²) >= 11 is 7.32. The molecule has 2 unspecified atom stereocenters. The number of thiocarbonyl (C=S) groups is 1. The first kappa shape index (κ1) is 20.2. The Hall–Kier alpha value is 0.240. The van der Waals surface area contributed by atoms with E-state index in [0.717, 1.165) is 22.7 Å². The van der Waals surface area contributed by atoms with Gasteiger partial charge in [0.25, 0.3) is 0 Å². The van der Waals surface area contributed by atoms with Crippen molar-refractivity contribution in [1.82, 2.24) is 5.32 Å². The maximum Gasteiger partial charge on any atom is 0.133 e. The van der Waals surface area contributed by atoms with E-state index >= 15 is 0 Å². The Morgan fingerprint density at radius 1 is 0.950 bits per heavy atom. The summed E-state index contributed by atoms with van der Waals surface area (Å²) in [6.07, 6.45) is 10.5. The zero-order valence-corrected chi connectivity index (χ0v) is 15.7. The van der Waals surface area contributed by atoms with E-state index in [1.165, 1.54) is 57.1 Å². The molecule has 0 aliphatic heterocycles. The van der Waals surface area contributed by atoms with Crippen LogP contribution >= 0.6 is 24.0 Å². The monoisotopic (exact) mass is 317 g/mol. The highest BCUT2D eigenvalue weighted by atomic mass is 32.2. The van der Waals surface area contributed by atoms with Crippen LogP contribution in [0.5, 0.6) is 0 Å². The molecule has 1 nitrogen and oxygen atoms in total. The van der Waals surface area contributed by atoms with Crippen LogP contribution in [0.15, 0.2) is 0 Å². The third-order valence-electron chi connectivity index (χ3n) is 4.07. The molecule has 0 aromatic rings. The van der Waals surface area contributed by atoms with Gasteiger partial charge in [-0.25, -0.2) is 0 Å². The van der Waals surface area contributed by atoms with E-state index in [9.17, 15) is 0 Å². The smallest absolute Gasteiger partial charge is 0.133 e. The fourth-order valence-corrected chi connectivity index (χ4v) is 3.58. The third kappa shape index (κ3) is 11.0. The summed E-state index contributed by atoms with van der Waals surface area (Å²) in [6, 6.07) is 0. The molecule has 0 saturated heterocycles. The van der Waals surface area contributed by atoms with E-state index in [1.54, 1.807) is 0 Å². The van der Waals surface area contributed by atoms with Gasteiger partial charge in [0, 0.05) is 12.3 Å². The highest BCUT2D eigenvalue weighted by Crippen LogP contribution is 2.19. The van der Waals surface area contributed by atoms with Crippen molar-refractivity contribution in [2.24, 2.45) is 11.8 Å². The molecular formula is C17H35NS2. The van der Waals surface area contributed by atoms with Gasteiger partial charge in [-0.05, 0) is 24.7 Å². The SMILES string of the molecule is CCCCC(CC)CNC(=S)SCC(CC)CCCC. The molecule has 0 aliphatic rings. The standard InChI is InChI=1S/C17H35NS2/c1-5-9-11-15(7-3)13-18-17(19)20-14-16(8-4)12-10-6-2/h15-16H,5-14H2,1-4H3,(H,18,19). The summed E-state index contributed by atoms with van der Waals surface area (Å²) in [5.41, 5.74) is 0. The van der Waals surface area contributed by atoms with Crippen LogP contribution in [-0.4, -0.2) is 16.6 Å². The molecule has 0 rings (SSSR count). The highest BCUT2D eigenvalue weighted by Gasteiger charge is 2.10. The minimum absolute atomic E-state index is 0.788. The van der Waals surface area contributed by atoms with Crippen molar-refractivity contribution in [3.63, 3.8) is 0 Å². The summed E-state index contributed by atoms with van der Waals surface area (Å²) in [7, 11) is 0. The minimum Gasteiger partial charge on any atom is -0.371 e. The lowest BCUT2D eigenvalue weighted by atomic mass is 10.00. The van der Waals surface area contributed by atoms with Gasteiger partial charge in [0.15, 0.2) is 0 Å². The van der Waals surface area contributed by atoms with Crippen molar-refractivity contribution < 1.29 is 0 Å². The van der Waals surface area contributed by atoms with Gasteiger partial charge >= 0.3 is 0 Å². The van der Waals surface area contributed by atoms with E-state index in [0.29, 0.717) is 0 Å². The number of thioether (sulfide) groups is 1. The molecule has 0 aromatic carbocycles. The third-order valence-corrected chi connectivity index (χ3v) is 5.61. The maximum absolute atomic E-state index is 5.46. The minimum atomic E-state index is 0.788. The van der Waals surface area contributed by atoms with E-state index < -0.39 is 0 Å². The molecule has 1 N–H and O–H groups in total. The van der Waals surface area contributed by atoms with Crippen LogP contribution in [0.25, 0.3) is 0 Å². The molecule has 0 saturated carbocycles. The first-order valence-electron chi connectivity index (χ1n) is 8.58. The van der Waals surface area contributed by atoms with E-state index in [1.807, 2.05) is 11.8 Å². The van der Waals surface area contributed by atoms with Crippen LogP contribution in [0.2, 0.25) is 0 Å². The lowest BCUT2D eigenvalue weighted by Crippen LogP contribution is -2.26. The lowest BCUT2D eigenvalue weighted by molar-refractivity contribution is 0.447. The second-order valence-electron chi connectivity index (χ2n) is 5.81. The first-order chi connectivity index (χ1) is 9.67. The average molecular weight is 318 g/mol. The van der Waals surface area contributed by atoms with Crippen LogP contribution < -0.4 is 5.32 Å². The second-order valence-corrected chi connectivity index (χ2v) is 7.51. The van der Waals surface area contributed by atoms with Crippen molar-refractivity contribution >= 4 is 28.3 Å². The number of unbranched alkanes of at least 4 members (excludes halogenated alkanes) is 2. The fraction of sp³-hybridized carbons (Fsp3) is 0.941. The van der Waals surface area contributed by atoms with Gasteiger partial charge in [0.2, 0.25) is 0 Å². The Morgan fingerprint density at radius 3 is 2.00 bits per heavy atom. The topological polar surface area (TPSA) is 12.0 Å². The Balaban J connectivity index is 3.80. The van der Waals surface area contributed by atoms with Crippen molar-refractivity contribution in [3.05, 3.63) is 0 Å². The van der Waals surface area contributed by atoms with Crippen LogP contribution in [0.1, 0.15) is 79.1 Å². The second kappa shape index (κ2) is 14.2. The average Bonchev–Trinajstić information content (AvgIpc) is 2.47. The van der Waals surface area contributed by atoms with Crippen LogP contribution in [0.3, 0.4) is 0 Å². The van der Waals surface area contributed by atoms with Crippen LogP contribution in [0.4, 0.5) is 0 Å². The Bertz CT molecular complexity index is 209. The van der Waals surface area contributed by atoms with Crippen molar-refractivity contribution in [2.45, 2.75) is 79.1 Å². The Labute approximate surface area is 137 Å². The summed E-state index contributed by atoms with van der Waals surface area (Å²) < 4.78 is 1.01. The summed E-state index contributed by atoms with van der Waals surface area (Å²) in [4.78, 5) is 0. The molecule has 0 amide bonds. The number of hydrogen-bond acceptors (Lipinski definition) is 2. The molecule has 2 atom stereocenters. The zero-order valence-electron chi connectivity index (χ0n) is 14.0. The molecule has 0 aromatic heterocycles. The molecule has 120 valence electrons.